The summed E-state index contributed by atoms with van der Waals surface area (Å²) in [5, 5.41) is 17.8. The van der Waals surface area contributed by atoms with Crippen molar-refractivity contribution in [2.75, 3.05) is 5.75 Å². The molecule has 4 heteroatoms. The Labute approximate surface area is 111 Å². The molecule has 1 saturated carbocycles. The summed E-state index contributed by atoms with van der Waals surface area (Å²) in [5.41, 5.74) is 2.22. The number of carboxylic acids is 1. The molecule has 2 rings (SSSR count). The molecule has 0 spiro atoms. The van der Waals surface area contributed by atoms with E-state index in [0.717, 1.165) is 29.9 Å². The van der Waals surface area contributed by atoms with E-state index < -0.39 is 5.97 Å². The van der Waals surface area contributed by atoms with Gasteiger partial charge in [-0.05, 0) is 35.1 Å². The van der Waals surface area contributed by atoms with Crippen molar-refractivity contribution in [1.82, 2.24) is 0 Å². The molecule has 0 amide bonds. The first-order chi connectivity index (χ1) is 8.63. The molecule has 98 valence electrons. The van der Waals surface area contributed by atoms with Crippen LogP contribution in [0, 0.1) is 5.41 Å². The summed E-state index contributed by atoms with van der Waals surface area (Å²) in [4.78, 5) is 10.7. The van der Waals surface area contributed by atoms with Crippen LogP contribution in [0.1, 0.15) is 30.4 Å². The van der Waals surface area contributed by atoms with Crippen molar-refractivity contribution in [3.63, 3.8) is 0 Å². The van der Waals surface area contributed by atoms with Gasteiger partial charge in [-0.3, -0.25) is 4.79 Å². The van der Waals surface area contributed by atoms with Gasteiger partial charge in [-0.2, -0.15) is 11.8 Å². The molecule has 1 aromatic carbocycles. The van der Waals surface area contributed by atoms with Crippen LogP contribution in [-0.2, 0) is 17.2 Å². The first kappa shape index (κ1) is 13.4. The van der Waals surface area contributed by atoms with Crippen molar-refractivity contribution < 1.29 is 15.0 Å². The lowest BCUT2D eigenvalue weighted by atomic mass is 10.1. The zero-order valence-corrected chi connectivity index (χ0v) is 11.1. The van der Waals surface area contributed by atoms with Crippen molar-refractivity contribution in [3.05, 3.63) is 35.4 Å². The molecule has 0 atom stereocenters. The number of carboxylic acid groups (broad SMARTS) is 1. The molecule has 0 radical (unpaired) electrons. The van der Waals surface area contributed by atoms with Gasteiger partial charge >= 0.3 is 5.97 Å². The lowest BCUT2D eigenvalue weighted by molar-refractivity contribution is -0.138. The van der Waals surface area contributed by atoms with Crippen molar-refractivity contribution in [1.29, 1.82) is 0 Å². The highest BCUT2D eigenvalue weighted by molar-refractivity contribution is 7.98. The second-order valence-corrected chi connectivity index (χ2v) is 6.02. The molecule has 3 nitrogen and oxygen atoms in total. The number of aliphatic hydroxyl groups excluding tert-OH is 1. The Morgan fingerprint density at radius 1 is 1.22 bits per heavy atom. The third-order valence-electron chi connectivity index (χ3n) is 3.37. The average molecular weight is 266 g/mol. The van der Waals surface area contributed by atoms with Crippen LogP contribution in [0.2, 0.25) is 0 Å². The maximum atomic E-state index is 10.7. The van der Waals surface area contributed by atoms with Gasteiger partial charge in [0.1, 0.15) is 0 Å². The van der Waals surface area contributed by atoms with Gasteiger partial charge in [-0.1, -0.05) is 24.3 Å². The summed E-state index contributed by atoms with van der Waals surface area (Å²) in [7, 11) is 0. The topological polar surface area (TPSA) is 57.5 Å². The normalized spacial score (nSPS) is 16.5. The van der Waals surface area contributed by atoms with Gasteiger partial charge in [0.25, 0.3) is 0 Å². The van der Waals surface area contributed by atoms with Crippen LogP contribution in [0.25, 0.3) is 0 Å². The predicted molar refractivity (Wildman–Crippen MR) is 72.4 cm³/mol. The number of aliphatic carboxylic acids is 1. The minimum atomic E-state index is -0.680. The Kier molecular flexibility index (Phi) is 4.30. The van der Waals surface area contributed by atoms with Gasteiger partial charge in [-0.15, -0.1) is 0 Å². The van der Waals surface area contributed by atoms with Crippen molar-refractivity contribution in [3.8, 4) is 0 Å². The number of thioether (sulfide) groups is 1. The molecule has 1 aliphatic rings. The molecule has 0 aliphatic heterocycles. The van der Waals surface area contributed by atoms with Crippen LogP contribution >= 0.6 is 11.8 Å². The Morgan fingerprint density at radius 2 is 1.83 bits per heavy atom. The Balaban J connectivity index is 1.76. The van der Waals surface area contributed by atoms with Gasteiger partial charge in [0.05, 0.1) is 13.0 Å². The summed E-state index contributed by atoms with van der Waals surface area (Å²) in [6.07, 6.45) is 2.41. The highest BCUT2D eigenvalue weighted by Gasteiger charge is 2.43. The average Bonchev–Trinajstić information content (AvgIpc) is 3.09. The number of benzene rings is 1. The quantitative estimate of drug-likeness (QED) is 0.796. The summed E-state index contributed by atoms with van der Waals surface area (Å²) >= 11 is 1.81. The maximum absolute atomic E-state index is 10.7. The molecule has 0 unspecified atom stereocenters. The molecule has 2 N–H and O–H groups in total. The summed E-state index contributed by atoms with van der Waals surface area (Å²) < 4.78 is 0. The van der Waals surface area contributed by atoms with E-state index in [1.165, 1.54) is 5.56 Å². The lowest BCUT2D eigenvalue weighted by Crippen LogP contribution is -2.11. The van der Waals surface area contributed by atoms with Crippen molar-refractivity contribution in [2.45, 2.75) is 31.6 Å². The molecule has 0 heterocycles. The molecule has 0 bridgehead atoms. The Bertz CT molecular complexity index is 410. The molecule has 0 saturated heterocycles. The predicted octanol–water partition coefficient (Wildman–Crippen LogP) is 2.67. The van der Waals surface area contributed by atoms with E-state index in [0.29, 0.717) is 6.42 Å². The number of hydrogen-bond donors (Lipinski definition) is 2. The monoisotopic (exact) mass is 266 g/mol. The van der Waals surface area contributed by atoms with Crippen molar-refractivity contribution in [2.24, 2.45) is 5.41 Å². The lowest BCUT2D eigenvalue weighted by Gasteiger charge is -2.11. The highest BCUT2D eigenvalue weighted by Crippen LogP contribution is 2.51. The zero-order chi connectivity index (χ0) is 13.0. The smallest absolute Gasteiger partial charge is 0.303 e. The third-order valence-corrected chi connectivity index (χ3v) is 4.72. The fourth-order valence-electron chi connectivity index (χ4n) is 2.00. The van der Waals surface area contributed by atoms with Crippen LogP contribution in [0.3, 0.4) is 0 Å². The largest absolute Gasteiger partial charge is 0.481 e. The summed E-state index contributed by atoms with van der Waals surface area (Å²) in [5.74, 6) is 1.16. The minimum Gasteiger partial charge on any atom is -0.481 e. The van der Waals surface area contributed by atoms with E-state index >= 15 is 0 Å². The minimum absolute atomic E-state index is 0.0710. The van der Waals surface area contributed by atoms with E-state index in [1.54, 1.807) is 11.8 Å². The van der Waals surface area contributed by atoms with Crippen LogP contribution in [-0.4, -0.2) is 21.9 Å². The molecule has 1 aromatic rings. The van der Waals surface area contributed by atoms with Crippen molar-refractivity contribution >= 4 is 17.7 Å². The first-order valence-corrected chi connectivity index (χ1v) is 7.27. The fraction of sp³-hybridized carbons (Fsp3) is 0.500. The number of aliphatic hydroxyl groups is 1. The number of carbonyl (C=O) groups is 1. The van der Waals surface area contributed by atoms with Gasteiger partial charge in [0.15, 0.2) is 0 Å². The fourth-order valence-corrected chi connectivity index (χ4v) is 3.35. The third kappa shape index (κ3) is 3.75. The molecule has 1 fully saturated rings. The molecule has 0 aromatic heterocycles. The van der Waals surface area contributed by atoms with Crippen LogP contribution < -0.4 is 0 Å². The van der Waals surface area contributed by atoms with Crippen LogP contribution in [0.4, 0.5) is 0 Å². The summed E-state index contributed by atoms with van der Waals surface area (Å²) in [6, 6.07) is 7.91. The van der Waals surface area contributed by atoms with Crippen LogP contribution in [0.15, 0.2) is 24.3 Å². The molecular formula is C14H18O3S. The van der Waals surface area contributed by atoms with Gasteiger partial charge in [0.2, 0.25) is 0 Å². The second-order valence-electron chi connectivity index (χ2n) is 5.04. The zero-order valence-electron chi connectivity index (χ0n) is 10.3. The summed E-state index contributed by atoms with van der Waals surface area (Å²) in [6.45, 7) is 0.0785. The Hall–Kier alpha value is -1.00. The maximum Gasteiger partial charge on any atom is 0.303 e. The number of hydrogen-bond acceptors (Lipinski definition) is 3. The second kappa shape index (κ2) is 5.76. The number of rotatable bonds is 7. The van der Waals surface area contributed by atoms with Gasteiger partial charge in [-0.25, -0.2) is 0 Å². The van der Waals surface area contributed by atoms with E-state index in [1.807, 2.05) is 24.3 Å². The molecule has 18 heavy (non-hydrogen) atoms. The molecule has 1 aliphatic carbocycles. The van der Waals surface area contributed by atoms with Crippen LogP contribution in [0.5, 0.6) is 0 Å². The van der Waals surface area contributed by atoms with Gasteiger partial charge < -0.3 is 10.2 Å². The van der Waals surface area contributed by atoms with Gasteiger partial charge in [0, 0.05) is 5.75 Å². The standard InChI is InChI=1S/C14H18O3S/c15-8-11-1-3-12(4-2-11)9-18-10-14(5-6-14)7-13(16)17/h1-4,15H,5-10H2,(H,16,17). The van der Waals surface area contributed by atoms with E-state index in [9.17, 15) is 4.79 Å². The first-order valence-electron chi connectivity index (χ1n) is 6.12. The molecular weight excluding hydrogens is 248 g/mol. The highest BCUT2D eigenvalue weighted by atomic mass is 32.2. The SMILES string of the molecule is O=C(O)CC1(CSCc2ccc(CO)cc2)CC1. The Morgan fingerprint density at radius 3 is 2.33 bits per heavy atom. The van der Waals surface area contributed by atoms with E-state index in [4.69, 9.17) is 10.2 Å². The van der Waals surface area contributed by atoms with E-state index in [2.05, 4.69) is 0 Å². The van der Waals surface area contributed by atoms with E-state index in [-0.39, 0.29) is 12.0 Å².